The van der Waals surface area contributed by atoms with Crippen LogP contribution in [0.4, 0.5) is 0 Å². The standard InChI is InChI=1S/C18H16ClIN4S/c1-11-22-23-16-10-21-17(13-6-2-3-7-15(13)19)14-9-12(5-4-8-20)25-18(14)24(11)16/h2-3,6-7,9H,4-5,8,10H2,1H3. The Morgan fingerprint density at radius 2 is 2.08 bits per heavy atom. The SMILES string of the molecule is Cc1nnc2n1-c1sc(CCCI)cc1C(c1ccccc1Cl)=NC2. The van der Waals surface area contributed by atoms with Gasteiger partial charge in [0.15, 0.2) is 5.82 Å². The second kappa shape index (κ2) is 7.17. The zero-order chi connectivity index (χ0) is 17.4. The molecule has 0 aliphatic carbocycles. The molecule has 0 saturated carbocycles. The summed E-state index contributed by atoms with van der Waals surface area (Å²) in [6, 6.07) is 10.2. The second-order valence-corrected chi connectivity index (χ2v) is 8.47. The van der Waals surface area contributed by atoms with Crippen molar-refractivity contribution in [2.45, 2.75) is 26.3 Å². The lowest BCUT2D eigenvalue weighted by Gasteiger charge is -2.08. The highest BCUT2D eigenvalue weighted by Crippen LogP contribution is 2.34. The van der Waals surface area contributed by atoms with Gasteiger partial charge in [0.05, 0.1) is 5.71 Å². The van der Waals surface area contributed by atoms with Crippen LogP contribution < -0.4 is 0 Å². The molecule has 0 spiro atoms. The highest BCUT2D eigenvalue weighted by molar-refractivity contribution is 14.1. The Morgan fingerprint density at radius 3 is 2.88 bits per heavy atom. The topological polar surface area (TPSA) is 43.1 Å². The number of aliphatic imine (C=N–C) groups is 1. The molecule has 128 valence electrons. The number of benzene rings is 1. The van der Waals surface area contributed by atoms with Gasteiger partial charge in [-0.2, -0.15) is 0 Å². The molecule has 1 aliphatic rings. The van der Waals surface area contributed by atoms with Crippen LogP contribution in [0.5, 0.6) is 0 Å². The molecule has 4 nitrogen and oxygen atoms in total. The fourth-order valence-electron chi connectivity index (χ4n) is 3.02. The number of nitrogens with zero attached hydrogens (tertiary/aromatic N) is 4. The summed E-state index contributed by atoms with van der Waals surface area (Å²) in [4.78, 5) is 6.22. The fraction of sp³-hybridized carbons (Fsp3) is 0.278. The largest absolute Gasteiger partial charge is 0.276 e. The van der Waals surface area contributed by atoms with Crippen LogP contribution >= 0.6 is 45.5 Å². The zero-order valence-electron chi connectivity index (χ0n) is 13.7. The van der Waals surface area contributed by atoms with E-state index in [-0.39, 0.29) is 0 Å². The number of rotatable bonds is 4. The van der Waals surface area contributed by atoms with Crippen LogP contribution in [0.3, 0.4) is 0 Å². The molecular formula is C18H16ClIN4S. The summed E-state index contributed by atoms with van der Waals surface area (Å²) in [5.41, 5.74) is 3.05. The van der Waals surface area contributed by atoms with Crippen molar-refractivity contribution >= 4 is 51.2 Å². The van der Waals surface area contributed by atoms with Gasteiger partial charge < -0.3 is 0 Å². The van der Waals surface area contributed by atoms with Crippen LogP contribution in [0.1, 0.15) is 34.1 Å². The summed E-state index contributed by atoms with van der Waals surface area (Å²) in [5, 5.41) is 10.4. The summed E-state index contributed by atoms with van der Waals surface area (Å²) in [5.74, 6) is 1.78. The van der Waals surface area contributed by atoms with Gasteiger partial charge in [-0.3, -0.25) is 9.56 Å². The van der Waals surface area contributed by atoms with Crippen molar-refractivity contribution < 1.29 is 0 Å². The number of alkyl halides is 1. The molecule has 3 aromatic rings. The third-order valence-corrected chi connectivity index (χ3v) is 6.45. The Balaban J connectivity index is 1.91. The number of aryl methyl sites for hydroxylation is 2. The molecule has 0 unspecified atom stereocenters. The lowest BCUT2D eigenvalue weighted by Crippen LogP contribution is -2.05. The van der Waals surface area contributed by atoms with Gasteiger partial charge in [-0.25, -0.2) is 0 Å². The Hall–Kier alpha value is -1.25. The highest BCUT2D eigenvalue weighted by atomic mass is 127. The van der Waals surface area contributed by atoms with Crippen molar-refractivity contribution in [1.29, 1.82) is 0 Å². The third kappa shape index (κ3) is 3.15. The van der Waals surface area contributed by atoms with Crippen LogP contribution in [-0.4, -0.2) is 24.9 Å². The molecule has 0 N–H and O–H groups in total. The summed E-state index contributed by atoms with van der Waals surface area (Å²) < 4.78 is 3.30. The van der Waals surface area contributed by atoms with Crippen LogP contribution in [0, 0.1) is 6.92 Å². The number of aromatic nitrogens is 3. The molecule has 7 heteroatoms. The van der Waals surface area contributed by atoms with Crippen molar-refractivity contribution in [2.75, 3.05) is 4.43 Å². The number of hydrogen-bond donors (Lipinski definition) is 0. The van der Waals surface area contributed by atoms with E-state index in [2.05, 4.69) is 43.4 Å². The minimum atomic E-state index is 0.506. The summed E-state index contributed by atoms with van der Waals surface area (Å²) in [7, 11) is 0. The van der Waals surface area contributed by atoms with Crippen molar-refractivity contribution in [1.82, 2.24) is 14.8 Å². The second-order valence-electron chi connectivity index (χ2n) is 5.87. The maximum atomic E-state index is 6.47. The molecule has 4 rings (SSSR count). The molecule has 0 bridgehead atoms. The molecule has 2 aromatic heterocycles. The van der Waals surface area contributed by atoms with Gasteiger partial charge in [-0.1, -0.05) is 52.4 Å². The van der Waals surface area contributed by atoms with E-state index in [1.807, 2.05) is 42.5 Å². The summed E-state index contributed by atoms with van der Waals surface area (Å²) in [6.45, 7) is 2.50. The van der Waals surface area contributed by atoms with Crippen molar-refractivity contribution in [3.05, 3.63) is 63.0 Å². The predicted molar refractivity (Wildman–Crippen MR) is 112 cm³/mol. The summed E-state index contributed by atoms with van der Waals surface area (Å²) >= 11 is 10.7. The van der Waals surface area contributed by atoms with Crippen molar-refractivity contribution in [3.63, 3.8) is 0 Å². The minimum Gasteiger partial charge on any atom is -0.276 e. The first kappa shape index (κ1) is 17.2. The van der Waals surface area contributed by atoms with Crippen LogP contribution in [0.15, 0.2) is 35.3 Å². The lowest BCUT2D eigenvalue weighted by molar-refractivity contribution is 0.869. The number of fused-ring (bicyclic) bond motifs is 3. The van der Waals surface area contributed by atoms with Crippen molar-refractivity contribution in [2.24, 2.45) is 4.99 Å². The van der Waals surface area contributed by atoms with E-state index in [0.717, 1.165) is 49.4 Å². The van der Waals surface area contributed by atoms with E-state index in [4.69, 9.17) is 16.6 Å². The van der Waals surface area contributed by atoms with E-state index >= 15 is 0 Å². The van der Waals surface area contributed by atoms with Gasteiger partial charge in [0, 0.05) is 21.0 Å². The molecule has 25 heavy (non-hydrogen) atoms. The first-order valence-electron chi connectivity index (χ1n) is 8.08. The van der Waals surface area contributed by atoms with Gasteiger partial charge in [0.25, 0.3) is 0 Å². The average Bonchev–Trinajstić information content (AvgIpc) is 3.14. The van der Waals surface area contributed by atoms with Gasteiger partial charge in [0.2, 0.25) is 0 Å². The first-order valence-corrected chi connectivity index (χ1v) is 10.8. The van der Waals surface area contributed by atoms with Gasteiger partial charge in [0.1, 0.15) is 17.4 Å². The van der Waals surface area contributed by atoms with Crippen LogP contribution in [0.2, 0.25) is 5.02 Å². The maximum absolute atomic E-state index is 6.47. The molecule has 1 aliphatic heterocycles. The number of halogens is 2. The smallest absolute Gasteiger partial charge is 0.160 e. The van der Waals surface area contributed by atoms with Crippen LogP contribution in [0.25, 0.3) is 5.00 Å². The van der Waals surface area contributed by atoms with Crippen molar-refractivity contribution in [3.8, 4) is 5.00 Å². The number of thiophene rings is 1. The predicted octanol–water partition coefficient (Wildman–Crippen LogP) is 5.01. The average molecular weight is 483 g/mol. The minimum absolute atomic E-state index is 0.506. The monoisotopic (exact) mass is 482 g/mol. The fourth-order valence-corrected chi connectivity index (χ4v) is 4.90. The molecule has 0 saturated heterocycles. The van der Waals surface area contributed by atoms with E-state index in [1.54, 1.807) is 0 Å². The van der Waals surface area contributed by atoms with Gasteiger partial charge in [-0.05, 0) is 36.3 Å². The molecule has 0 atom stereocenters. The maximum Gasteiger partial charge on any atom is 0.160 e. The molecule has 0 radical (unpaired) electrons. The molecule has 3 heterocycles. The Bertz CT molecular complexity index is 960. The zero-order valence-corrected chi connectivity index (χ0v) is 17.4. The molecule has 1 aromatic carbocycles. The first-order chi connectivity index (χ1) is 12.2. The lowest BCUT2D eigenvalue weighted by atomic mass is 10.0. The molecular weight excluding hydrogens is 467 g/mol. The third-order valence-electron chi connectivity index (χ3n) is 4.18. The highest BCUT2D eigenvalue weighted by Gasteiger charge is 2.25. The molecule has 0 amide bonds. The Morgan fingerprint density at radius 1 is 1.24 bits per heavy atom. The normalized spacial score (nSPS) is 13.2. The van der Waals surface area contributed by atoms with E-state index in [0.29, 0.717) is 6.54 Å². The number of hydrogen-bond acceptors (Lipinski definition) is 4. The van der Waals surface area contributed by atoms with E-state index in [9.17, 15) is 0 Å². The van der Waals surface area contributed by atoms with Gasteiger partial charge >= 0.3 is 0 Å². The summed E-state index contributed by atoms with van der Waals surface area (Å²) in [6.07, 6.45) is 2.25. The Kier molecular flexibility index (Phi) is 4.92. The van der Waals surface area contributed by atoms with Crippen LogP contribution in [-0.2, 0) is 13.0 Å². The van der Waals surface area contributed by atoms with E-state index in [1.165, 1.54) is 11.3 Å². The van der Waals surface area contributed by atoms with E-state index < -0.39 is 0 Å². The Labute approximate surface area is 169 Å². The van der Waals surface area contributed by atoms with Gasteiger partial charge in [-0.15, -0.1) is 21.5 Å². The molecule has 0 fully saturated rings. The quantitative estimate of drug-likeness (QED) is 0.388.